The summed E-state index contributed by atoms with van der Waals surface area (Å²) < 4.78 is 13.4. The molecular weight excluding hydrogens is 283 g/mol. The van der Waals surface area contributed by atoms with Crippen molar-refractivity contribution in [3.8, 4) is 0 Å². The van der Waals surface area contributed by atoms with E-state index in [0.29, 0.717) is 13.1 Å². The maximum Gasteiger partial charge on any atom is 0.153 e. The highest BCUT2D eigenvalue weighted by atomic mass is 35.5. The van der Waals surface area contributed by atoms with E-state index in [1.165, 1.54) is 6.07 Å². The molecule has 0 amide bonds. The maximum atomic E-state index is 13.4. The highest BCUT2D eigenvalue weighted by molar-refractivity contribution is 6.30. The number of oxime groups is 1. The van der Waals surface area contributed by atoms with Crippen LogP contribution in [0.2, 0.25) is 5.02 Å². The van der Waals surface area contributed by atoms with Gasteiger partial charge in [-0.2, -0.15) is 0 Å². The minimum absolute atomic E-state index is 0.150. The Morgan fingerprint density at radius 3 is 2.55 bits per heavy atom. The Hall–Kier alpha value is -1.37. The SMILES string of the molecule is N/C(CN1CCN(Cc2ccc(Cl)c(F)c2)CC1)=N/O. The fourth-order valence-corrected chi connectivity index (χ4v) is 2.38. The molecule has 3 N–H and O–H groups in total. The fourth-order valence-electron chi connectivity index (χ4n) is 2.26. The van der Waals surface area contributed by atoms with Gasteiger partial charge in [-0.05, 0) is 17.7 Å². The third-order valence-electron chi connectivity index (χ3n) is 3.37. The molecular formula is C13H18ClFN4O. The molecule has 1 heterocycles. The molecule has 2 rings (SSSR count). The molecule has 0 saturated carbocycles. The Kier molecular flexibility index (Phi) is 5.17. The van der Waals surface area contributed by atoms with Crippen molar-refractivity contribution in [1.82, 2.24) is 9.80 Å². The molecule has 20 heavy (non-hydrogen) atoms. The molecule has 0 radical (unpaired) electrons. The highest BCUT2D eigenvalue weighted by Gasteiger charge is 2.18. The normalized spacial score (nSPS) is 18.4. The molecule has 7 heteroatoms. The van der Waals surface area contributed by atoms with Crippen molar-refractivity contribution in [2.45, 2.75) is 6.54 Å². The highest BCUT2D eigenvalue weighted by Crippen LogP contribution is 2.17. The largest absolute Gasteiger partial charge is 0.409 e. The van der Waals surface area contributed by atoms with E-state index in [4.69, 9.17) is 22.5 Å². The predicted octanol–water partition coefficient (Wildman–Crippen LogP) is 1.34. The average Bonchev–Trinajstić information content (AvgIpc) is 2.45. The van der Waals surface area contributed by atoms with Gasteiger partial charge in [-0.25, -0.2) is 4.39 Å². The monoisotopic (exact) mass is 300 g/mol. The van der Waals surface area contributed by atoms with E-state index in [2.05, 4.69) is 15.0 Å². The van der Waals surface area contributed by atoms with Gasteiger partial charge in [0.05, 0.1) is 11.6 Å². The third kappa shape index (κ3) is 4.06. The van der Waals surface area contributed by atoms with Gasteiger partial charge >= 0.3 is 0 Å². The Balaban J connectivity index is 1.83. The second-order valence-corrected chi connectivity index (χ2v) is 5.30. The van der Waals surface area contributed by atoms with Crippen LogP contribution in [0.4, 0.5) is 4.39 Å². The van der Waals surface area contributed by atoms with Crippen LogP contribution in [0.5, 0.6) is 0 Å². The van der Waals surface area contributed by atoms with Crippen molar-refractivity contribution < 1.29 is 9.60 Å². The summed E-state index contributed by atoms with van der Waals surface area (Å²) in [6.07, 6.45) is 0. The summed E-state index contributed by atoms with van der Waals surface area (Å²) in [7, 11) is 0. The Morgan fingerprint density at radius 2 is 1.95 bits per heavy atom. The number of hydrogen-bond donors (Lipinski definition) is 2. The number of benzene rings is 1. The average molecular weight is 301 g/mol. The van der Waals surface area contributed by atoms with Crippen LogP contribution in [0.3, 0.4) is 0 Å². The number of rotatable bonds is 4. The zero-order chi connectivity index (χ0) is 14.5. The van der Waals surface area contributed by atoms with Gasteiger partial charge in [0.2, 0.25) is 0 Å². The lowest BCUT2D eigenvalue weighted by atomic mass is 10.2. The van der Waals surface area contributed by atoms with Crippen LogP contribution in [0.15, 0.2) is 23.4 Å². The first kappa shape index (κ1) is 15.0. The summed E-state index contributed by atoms with van der Waals surface area (Å²) in [4.78, 5) is 4.36. The van der Waals surface area contributed by atoms with Crippen molar-refractivity contribution in [3.05, 3.63) is 34.6 Å². The number of hydrogen-bond acceptors (Lipinski definition) is 4. The van der Waals surface area contributed by atoms with Crippen LogP contribution in [0.1, 0.15) is 5.56 Å². The van der Waals surface area contributed by atoms with Crippen LogP contribution in [-0.2, 0) is 6.54 Å². The summed E-state index contributed by atoms with van der Waals surface area (Å²) in [6, 6.07) is 4.90. The standard InChI is InChI=1S/C13H18ClFN4O/c14-11-2-1-10(7-12(11)15)8-18-3-5-19(6-4-18)9-13(16)17-20/h1-2,7,20H,3-6,8-9H2,(H2,16,17). The van der Waals surface area contributed by atoms with E-state index in [9.17, 15) is 4.39 Å². The van der Waals surface area contributed by atoms with Crippen LogP contribution < -0.4 is 5.73 Å². The van der Waals surface area contributed by atoms with Crippen molar-refractivity contribution in [1.29, 1.82) is 0 Å². The molecule has 110 valence electrons. The van der Waals surface area contributed by atoms with Gasteiger partial charge < -0.3 is 10.9 Å². The lowest BCUT2D eigenvalue weighted by molar-refractivity contribution is 0.139. The topological polar surface area (TPSA) is 65.1 Å². The van der Waals surface area contributed by atoms with E-state index in [1.54, 1.807) is 6.07 Å². The minimum atomic E-state index is -0.380. The first-order chi connectivity index (χ1) is 9.58. The van der Waals surface area contributed by atoms with E-state index >= 15 is 0 Å². The zero-order valence-corrected chi connectivity index (χ0v) is 11.9. The maximum absolute atomic E-state index is 13.4. The molecule has 0 atom stereocenters. The summed E-state index contributed by atoms with van der Waals surface area (Å²) in [5, 5.41) is 11.7. The summed E-state index contributed by atoms with van der Waals surface area (Å²) in [5.74, 6) is -0.159. The van der Waals surface area contributed by atoms with Crippen LogP contribution in [0, 0.1) is 5.82 Å². The summed E-state index contributed by atoms with van der Waals surface area (Å²) >= 11 is 5.67. The van der Waals surface area contributed by atoms with E-state index in [1.807, 2.05) is 6.07 Å². The zero-order valence-electron chi connectivity index (χ0n) is 11.1. The van der Waals surface area contributed by atoms with Crippen molar-refractivity contribution in [3.63, 3.8) is 0 Å². The quantitative estimate of drug-likeness (QED) is 0.381. The van der Waals surface area contributed by atoms with Gasteiger partial charge in [-0.1, -0.05) is 22.8 Å². The van der Waals surface area contributed by atoms with Crippen molar-refractivity contribution >= 4 is 17.4 Å². The van der Waals surface area contributed by atoms with Gasteiger partial charge in [0.1, 0.15) is 5.82 Å². The van der Waals surface area contributed by atoms with Gasteiger partial charge in [0, 0.05) is 32.7 Å². The second kappa shape index (κ2) is 6.88. The first-order valence-corrected chi connectivity index (χ1v) is 6.81. The molecule has 0 unspecified atom stereocenters. The number of nitrogens with two attached hydrogens (primary N) is 1. The van der Waals surface area contributed by atoms with Crippen molar-refractivity contribution in [2.75, 3.05) is 32.7 Å². The van der Waals surface area contributed by atoms with E-state index in [-0.39, 0.29) is 16.7 Å². The second-order valence-electron chi connectivity index (χ2n) is 4.89. The summed E-state index contributed by atoms with van der Waals surface area (Å²) in [6.45, 7) is 4.58. The van der Waals surface area contributed by atoms with Gasteiger partial charge in [-0.15, -0.1) is 0 Å². The Morgan fingerprint density at radius 1 is 1.30 bits per heavy atom. The van der Waals surface area contributed by atoms with Crippen molar-refractivity contribution in [2.24, 2.45) is 10.9 Å². The first-order valence-electron chi connectivity index (χ1n) is 6.43. The van der Waals surface area contributed by atoms with Gasteiger partial charge in [0.15, 0.2) is 5.84 Å². The van der Waals surface area contributed by atoms with E-state index < -0.39 is 0 Å². The molecule has 1 aromatic rings. The molecule has 0 aromatic heterocycles. The lowest BCUT2D eigenvalue weighted by Gasteiger charge is -2.34. The molecule has 1 saturated heterocycles. The molecule has 5 nitrogen and oxygen atoms in total. The number of piperazine rings is 1. The Labute approximate surface area is 122 Å². The molecule has 1 aliphatic rings. The van der Waals surface area contributed by atoms with Crippen LogP contribution >= 0.6 is 11.6 Å². The molecule has 1 aromatic carbocycles. The number of nitrogens with zero attached hydrogens (tertiary/aromatic N) is 3. The molecule has 0 bridgehead atoms. The molecule has 1 aliphatic heterocycles. The number of amidine groups is 1. The van der Waals surface area contributed by atoms with Gasteiger partial charge in [0.25, 0.3) is 0 Å². The van der Waals surface area contributed by atoms with Crippen LogP contribution in [-0.4, -0.2) is 53.6 Å². The number of halogens is 2. The summed E-state index contributed by atoms with van der Waals surface area (Å²) in [5.41, 5.74) is 6.40. The smallest absolute Gasteiger partial charge is 0.153 e. The van der Waals surface area contributed by atoms with Crippen LogP contribution in [0.25, 0.3) is 0 Å². The van der Waals surface area contributed by atoms with E-state index in [0.717, 1.165) is 31.7 Å². The van der Waals surface area contributed by atoms with Gasteiger partial charge in [-0.3, -0.25) is 9.80 Å². The molecule has 0 spiro atoms. The third-order valence-corrected chi connectivity index (χ3v) is 3.68. The minimum Gasteiger partial charge on any atom is -0.409 e. The molecule has 0 aliphatic carbocycles. The Bertz CT molecular complexity index is 489. The lowest BCUT2D eigenvalue weighted by Crippen LogP contribution is -2.48. The fraction of sp³-hybridized carbons (Fsp3) is 0.462. The predicted molar refractivity (Wildman–Crippen MR) is 76.5 cm³/mol. The molecule has 1 fully saturated rings.